The third kappa shape index (κ3) is 5.21. The Balaban J connectivity index is 1.29. The minimum atomic E-state index is -0.561. The van der Waals surface area contributed by atoms with Gasteiger partial charge >= 0.3 is 11.8 Å². The minimum Gasteiger partial charge on any atom is -0.438 e. The number of carbonyl (C=O) groups excluding carboxylic acids is 1. The van der Waals surface area contributed by atoms with Gasteiger partial charge in [0.05, 0.1) is 6.54 Å². The average molecular weight is 462 g/mol. The fourth-order valence-corrected chi connectivity index (χ4v) is 4.68. The second-order valence-corrected chi connectivity index (χ2v) is 9.24. The largest absolute Gasteiger partial charge is 0.438 e. The van der Waals surface area contributed by atoms with E-state index in [1.807, 2.05) is 36.1 Å². The Bertz CT molecular complexity index is 954. The molecule has 2 atom stereocenters. The number of halogens is 1. The molecule has 0 bridgehead atoms. The monoisotopic (exact) mass is 461 g/mol. The van der Waals surface area contributed by atoms with Crippen molar-refractivity contribution in [3.05, 3.63) is 51.2 Å². The first-order chi connectivity index (χ1) is 15.3. The number of hydrogen-bond acceptors (Lipinski definition) is 6. The highest BCUT2D eigenvalue weighted by Crippen LogP contribution is 2.34. The van der Waals surface area contributed by atoms with E-state index in [1.54, 1.807) is 4.57 Å². The van der Waals surface area contributed by atoms with E-state index in [9.17, 15) is 14.9 Å². The third-order valence-corrected chi connectivity index (χ3v) is 6.37. The van der Waals surface area contributed by atoms with Crippen molar-refractivity contribution in [3.63, 3.8) is 0 Å². The van der Waals surface area contributed by atoms with E-state index in [0.29, 0.717) is 32.5 Å². The topological polar surface area (TPSA) is 103 Å². The van der Waals surface area contributed by atoms with Gasteiger partial charge in [0.25, 0.3) is 0 Å². The van der Waals surface area contributed by atoms with Crippen LogP contribution in [0, 0.1) is 10.1 Å². The number of amides is 1. The second-order valence-electron chi connectivity index (χ2n) is 8.80. The quantitative estimate of drug-likeness (QED) is 0.368. The van der Waals surface area contributed by atoms with Gasteiger partial charge in [-0.3, -0.25) is 9.36 Å². The molecule has 1 saturated heterocycles. The van der Waals surface area contributed by atoms with Gasteiger partial charge in [-0.2, -0.15) is 0 Å². The first kappa shape index (κ1) is 22.5. The lowest BCUT2D eigenvalue weighted by Gasteiger charge is -2.39. The maximum Gasteiger partial charge on any atom is 0.414 e. The summed E-state index contributed by atoms with van der Waals surface area (Å²) in [5.41, 5.74) is 0.666. The zero-order valence-electron chi connectivity index (χ0n) is 18.1. The number of piperazine rings is 1. The SMILES string of the molecule is C[C@]1(C[C@H]2CNCCN2C(=O)CCCCc2ccc(Cl)cc2)Cn2cc([N+](=O)[O-])nc2O1. The molecule has 0 spiro atoms. The zero-order chi connectivity index (χ0) is 22.7. The van der Waals surface area contributed by atoms with E-state index >= 15 is 0 Å². The van der Waals surface area contributed by atoms with Crippen molar-refractivity contribution in [1.29, 1.82) is 0 Å². The van der Waals surface area contributed by atoms with Crippen molar-refractivity contribution in [3.8, 4) is 6.01 Å². The highest BCUT2D eigenvalue weighted by atomic mass is 35.5. The lowest BCUT2D eigenvalue weighted by molar-refractivity contribution is -0.389. The summed E-state index contributed by atoms with van der Waals surface area (Å²) >= 11 is 5.93. The van der Waals surface area contributed by atoms with Crippen molar-refractivity contribution < 1.29 is 14.5 Å². The molecule has 172 valence electrons. The van der Waals surface area contributed by atoms with Gasteiger partial charge in [0, 0.05) is 48.5 Å². The summed E-state index contributed by atoms with van der Waals surface area (Å²) in [4.78, 5) is 29.3. The van der Waals surface area contributed by atoms with Gasteiger partial charge in [0.1, 0.15) is 11.8 Å². The Labute approximate surface area is 191 Å². The molecule has 0 aliphatic carbocycles. The molecule has 0 saturated carbocycles. The molecule has 0 radical (unpaired) electrons. The van der Waals surface area contributed by atoms with Gasteiger partial charge < -0.3 is 25.1 Å². The molecule has 3 heterocycles. The number of imidazole rings is 1. The number of nitrogens with one attached hydrogen (secondary N) is 1. The molecular formula is C22H28ClN5O4. The number of rotatable bonds is 8. The molecule has 0 unspecified atom stereocenters. The Morgan fingerprint density at radius 3 is 2.88 bits per heavy atom. The number of aryl methyl sites for hydroxylation is 1. The fraction of sp³-hybridized carbons (Fsp3) is 0.545. The Kier molecular flexibility index (Phi) is 6.66. The Morgan fingerprint density at radius 2 is 2.16 bits per heavy atom. The molecule has 2 aliphatic heterocycles. The molecule has 1 aromatic carbocycles. The van der Waals surface area contributed by atoms with Crippen LogP contribution >= 0.6 is 11.6 Å². The molecule has 1 aromatic heterocycles. The summed E-state index contributed by atoms with van der Waals surface area (Å²) in [6, 6.07) is 8.11. The standard InChI is InChI=1S/C22H28ClN5O4/c1-22(15-26-14-19(28(30)31)25-21(26)32-22)12-18-13-24-10-11-27(18)20(29)5-3-2-4-16-6-8-17(23)9-7-16/h6-9,14,18,24H,2-5,10-13,15H2,1H3/t18-,22-/m0/s1. The maximum absolute atomic E-state index is 13.0. The van der Waals surface area contributed by atoms with Gasteiger partial charge in [-0.25, -0.2) is 0 Å². The van der Waals surface area contributed by atoms with E-state index in [2.05, 4.69) is 10.3 Å². The van der Waals surface area contributed by atoms with Crippen molar-refractivity contribution in [2.45, 2.75) is 57.2 Å². The number of nitro groups is 1. The van der Waals surface area contributed by atoms with Crippen molar-refractivity contribution in [2.75, 3.05) is 19.6 Å². The Hall–Kier alpha value is -2.65. The molecule has 1 N–H and O–H groups in total. The van der Waals surface area contributed by atoms with Crippen molar-refractivity contribution in [1.82, 2.24) is 19.8 Å². The third-order valence-electron chi connectivity index (χ3n) is 6.11. The number of fused-ring (bicyclic) bond motifs is 1. The van der Waals surface area contributed by atoms with E-state index in [4.69, 9.17) is 16.3 Å². The Morgan fingerprint density at radius 1 is 1.38 bits per heavy atom. The fourth-order valence-electron chi connectivity index (χ4n) is 4.56. The number of benzene rings is 1. The van der Waals surface area contributed by atoms with Crippen LogP contribution in [0.2, 0.25) is 5.02 Å². The summed E-state index contributed by atoms with van der Waals surface area (Å²) in [7, 11) is 0. The average Bonchev–Trinajstić information content (AvgIpc) is 3.28. The molecule has 1 fully saturated rings. The normalized spacial score (nSPS) is 22.4. The zero-order valence-corrected chi connectivity index (χ0v) is 18.9. The predicted octanol–water partition coefficient (Wildman–Crippen LogP) is 3.20. The van der Waals surface area contributed by atoms with Crippen molar-refractivity contribution >= 4 is 23.3 Å². The lowest BCUT2D eigenvalue weighted by Crippen LogP contribution is -2.56. The van der Waals surface area contributed by atoms with Gasteiger partial charge in [0.2, 0.25) is 5.91 Å². The van der Waals surface area contributed by atoms with Crippen LogP contribution in [0.4, 0.5) is 5.82 Å². The molecule has 2 aliphatic rings. The number of hydrogen-bond donors (Lipinski definition) is 1. The maximum atomic E-state index is 13.0. The minimum absolute atomic E-state index is 0.0112. The number of unbranched alkanes of at least 4 members (excludes halogenated alkanes) is 1. The van der Waals surface area contributed by atoms with Crippen LogP contribution in [0.15, 0.2) is 30.5 Å². The molecule has 10 heteroatoms. The van der Waals surface area contributed by atoms with Crippen LogP contribution in [-0.2, 0) is 17.8 Å². The summed E-state index contributed by atoms with van der Waals surface area (Å²) in [6.45, 7) is 4.60. The van der Waals surface area contributed by atoms with Crippen LogP contribution < -0.4 is 10.1 Å². The van der Waals surface area contributed by atoms with Gasteiger partial charge in [-0.05, 0) is 48.8 Å². The lowest BCUT2D eigenvalue weighted by atomic mass is 9.94. The summed E-state index contributed by atoms with van der Waals surface area (Å²) in [5.74, 6) is -0.0423. The summed E-state index contributed by atoms with van der Waals surface area (Å²) in [5, 5.41) is 15.0. The first-order valence-corrected chi connectivity index (χ1v) is 11.4. The van der Waals surface area contributed by atoms with Gasteiger partial charge in [-0.15, -0.1) is 0 Å². The van der Waals surface area contributed by atoms with Crippen LogP contribution in [0.25, 0.3) is 0 Å². The number of aromatic nitrogens is 2. The number of nitrogens with zero attached hydrogens (tertiary/aromatic N) is 4. The molecule has 9 nitrogen and oxygen atoms in total. The highest BCUT2D eigenvalue weighted by Gasteiger charge is 2.43. The number of carbonyl (C=O) groups is 1. The molecule has 4 rings (SSSR count). The van der Waals surface area contributed by atoms with Gasteiger partial charge in [0.15, 0.2) is 0 Å². The smallest absolute Gasteiger partial charge is 0.414 e. The predicted molar refractivity (Wildman–Crippen MR) is 120 cm³/mol. The van der Waals surface area contributed by atoms with Crippen LogP contribution in [0.1, 0.15) is 38.2 Å². The first-order valence-electron chi connectivity index (χ1n) is 11.0. The van der Waals surface area contributed by atoms with E-state index in [1.165, 1.54) is 11.8 Å². The van der Waals surface area contributed by atoms with Crippen LogP contribution in [0.3, 0.4) is 0 Å². The molecule has 32 heavy (non-hydrogen) atoms. The molecule has 2 aromatic rings. The highest BCUT2D eigenvalue weighted by molar-refractivity contribution is 6.30. The van der Waals surface area contributed by atoms with Crippen molar-refractivity contribution in [2.24, 2.45) is 0 Å². The van der Waals surface area contributed by atoms with E-state index in [0.717, 1.165) is 30.8 Å². The van der Waals surface area contributed by atoms with E-state index < -0.39 is 10.5 Å². The summed E-state index contributed by atoms with van der Waals surface area (Å²) < 4.78 is 7.66. The van der Waals surface area contributed by atoms with E-state index in [-0.39, 0.29) is 23.8 Å². The summed E-state index contributed by atoms with van der Waals surface area (Å²) in [6.07, 6.45) is 5.28. The molecule has 1 amide bonds. The van der Waals surface area contributed by atoms with Crippen LogP contribution in [-0.4, -0.2) is 56.6 Å². The van der Waals surface area contributed by atoms with Gasteiger partial charge in [-0.1, -0.05) is 23.7 Å². The number of ether oxygens (including phenoxy) is 1. The van der Waals surface area contributed by atoms with Crippen LogP contribution in [0.5, 0.6) is 6.01 Å². The second kappa shape index (κ2) is 9.46. The molecular weight excluding hydrogens is 434 g/mol.